The summed E-state index contributed by atoms with van der Waals surface area (Å²) in [4.78, 5) is 30.1. The summed E-state index contributed by atoms with van der Waals surface area (Å²) in [6, 6.07) is 22.3. The molecule has 6 nitrogen and oxygen atoms in total. The number of carbonyl (C=O) groups excluding carboxylic acids is 2. The van der Waals surface area contributed by atoms with Crippen molar-refractivity contribution in [1.29, 1.82) is 0 Å². The van der Waals surface area contributed by atoms with Gasteiger partial charge in [0.1, 0.15) is 0 Å². The van der Waals surface area contributed by atoms with Crippen LogP contribution < -0.4 is 16.4 Å². The van der Waals surface area contributed by atoms with Crippen LogP contribution in [0.25, 0.3) is 16.5 Å². The zero-order valence-electron chi connectivity index (χ0n) is 18.4. The van der Waals surface area contributed by atoms with Gasteiger partial charge in [0.2, 0.25) is 5.91 Å². The largest absolute Gasteiger partial charge is 0.397 e. The first-order valence-corrected chi connectivity index (χ1v) is 11.7. The molecule has 0 saturated carbocycles. The zero-order chi connectivity index (χ0) is 23.8. The van der Waals surface area contributed by atoms with Crippen molar-refractivity contribution in [2.75, 3.05) is 17.6 Å². The van der Waals surface area contributed by atoms with Crippen LogP contribution in [-0.2, 0) is 11.2 Å². The van der Waals surface area contributed by atoms with E-state index in [0.29, 0.717) is 29.9 Å². The summed E-state index contributed by atoms with van der Waals surface area (Å²) >= 11 is 1.63. The molecule has 4 N–H and O–H groups in total. The molecular formula is C27H24N4O2S. The van der Waals surface area contributed by atoms with Crippen molar-refractivity contribution in [3.8, 4) is 10.4 Å². The molecule has 4 aromatic rings. The molecule has 0 atom stereocenters. The van der Waals surface area contributed by atoms with Gasteiger partial charge in [0.15, 0.2) is 0 Å². The molecule has 2 aromatic heterocycles. The van der Waals surface area contributed by atoms with Gasteiger partial charge in [0.25, 0.3) is 5.91 Å². The molecular weight excluding hydrogens is 444 g/mol. The highest BCUT2D eigenvalue weighted by atomic mass is 32.1. The molecule has 0 radical (unpaired) electrons. The molecule has 2 heterocycles. The zero-order valence-corrected chi connectivity index (χ0v) is 19.2. The summed E-state index contributed by atoms with van der Waals surface area (Å²) in [6.45, 7) is 0.510. The average molecular weight is 469 g/mol. The van der Waals surface area contributed by atoms with Gasteiger partial charge in [0.05, 0.1) is 11.4 Å². The van der Waals surface area contributed by atoms with E-state index in [1.165, 1.54) is 6.08 Å². The van der Waals surface area contributed by atoms with Gasteiger partial charge < -0.3 is 16.4 Å². The van der Waals surface area contributed by atoms with Crippen molar-refractivity contribution in [2.45, 2.75) is 6.42 Å². The van der Waals surface area contributed by atoms with Crippen molar-refractivity contribution < 1.29 is 9.59 Å². The maximum absolute atomic E-state index is 12.7. The van der Waals surface area contributed by atoms with Crippen LogP contribution in [0, 0.1) is 0 Å². The molecule has 4 rings (SSSR count). The third kappa shape index (κ3) is 6.17. The number of nitrogens with one attached hydrogen (secondary N) is 2. The van der Waals surface area contributed by atoms with Gasteiger partial charge >= 0.3 is 0 Å². The van der Waals surface area contributed by atoms with Crippen LogP contribution in [0.1, 0.15) is 21.6 Å². The Balaban J connectivity index is 1.32. The van der Waals surface area contributed by atoms with Gasteiger partial charge in [-0.05, 0) is 65.0 Å². The number of nitrogen functional groups attached to an aromatic ring is 1. The highest BCUT2D eigenvalue weighted by Crippen LogP contribution is 2.30. The lowest BCUT2D eigenvalue weighted by molar-refractivity contribution is -0.116. The van der Waals surface area contributed by atoms with Crippen molar-refractivity contribution >= 4 is 40.6 Å². The second-order valence-corrected chi connectivity index (χ2v) is 8.50. The SMILES string of the molecule is Nc1ccc(-c2cccs2)cc1NC(=O)c1ccc(C=CC(=O)NCCc2ccccn2)cc1. The monoisotopic (exact) mass is 468 g/mol. The predicted molar refractivity (Wildman–Crippen MR) is 139 cm³/mol. The summed E-state index contributed by atoms with van der Waals surface area (Å²) in [5, 5.41) is 7.73. The highest BCUT2D eigenvalue weighted by molar-refractivity contribution is 7.13. The van der Waals surface area contributed by atoms with Crippen LogP contribution in [-0.4, -0.2) is 23.3 Å². The minimum absolute atomic E-state index is 0.182. The van der Waals surface area contributed by atoms with Gasteiger partial charge in [-0.15, -0.1) is 11.3 Å². The molecule has 0 aliphatic carbocycles. The Morgan fingerprint density at radius 1 is 1.00 bits per heavy atom. The van der Waals surface area contributed by atoms with Crippen molar-refractivity contribution in [1.82, 2.24) is 10.3 Å². The molecule has 0 saturated heterocycles. The smallest absolute Gasteiger partial charge is 0.255 e. The number of nitrogens with zero attached hydrogens (tertiary/aromatic N) is 1. The summed E-state index contributed by atoms with van der Waals surface area (Å²) in [5.74, 6) is -0.434. The van der Waals surface area contributed by atoms with Crippen LogP contribution in [0.2, 0.25) is 0 Å². The third-order valence-electron chi connectivity index (χ3n) is 5.11. The average Bonchev–Trinajstić information content (AvgIpc) is 3.40. The van der Waals surface area contributed by atoms with Crippen LogP contribution in [0.4, 0.5) is 11.4 Å². The van der Waals surface area contributed by atoms with Gasteiger partial charge in [-0.1, -0.05) is 30.3 Å². The molecule has 0 spiro atoms. The van der Waals surface area contributed by atoms with Gasteiger partial charge in [0, 0.05) is 41.4 Å². The second kappa shape index (κ2) is 11.1. The van der Waals surface area contributed by atoms with Crippen LogP contribution in [0.3, 0.4) is 0 Å². The molecule has 0 aliphatic heterocycles. The van der Waals surface area contributed by atoms with E-state index < -0.39 is 0 Å². The van der Waals surface area contributed by atoms with E-state index >= 15 is 0 Å². The fraction of sp³-hybridized carbons (Fsp3) is 0.0741. The van der Waals surface area contributed by atoms with Crippen molar-refractivity contribution in [2.24, 2.45) is 0 Å². The topological polar surface area (TPSA) is 97.1 Å². The summed E-state index contributed by atoms with van der Waals surface area (Å²) in [6.07, 6.45) is 5.59. The molecule has 2 aromatic carbocycles. The van der Waals surface area contributed by atoms with Gasteiger partial charge in [-0.3, -0.25) is 14.6 Å². The van der Waals surface area contributed by atoms with E-state index in [0.717, 1.165) is 21.7 Å². The van der Waals surface area contributed by atoms with Gasteiger partial charge in [-0.2, -0.15) is 0 Å². The first-order chi connectivity index (χ1) is 16.6. The number of aromatic nitrogens is 1. The first kappa shape index (κ1) is 22.9. The Kier molecular flexibility index (Phi) is 7.47. The number of rotatable bonds is 8. The lowest BCUT2D eigenvalue weighted by Gasteiger charge is -2.10. The van der Waals surface area contributed by atoms with E-state index in [1.54, 1.807) is 53.9 Å². The van der Waals surface area contributed by atoms with E-state index in [1.807, 2.05) is 47.8 Å². The lowest BCUT2D eigenvalue weighted by atomic mass is 10.1. The van der Waals surface area contributed by atoms with E-state index in [4.69, 9.17) is 5.73 Å². The van der Waals surface area contributed by atoms with Crippen molar-refractivity contribution in [3.63, 3.8) is 0 Å². The maximum Gasteiger partial charge on any atom is 0.255 e. The quantitative estimate of drug-likeness (QED) is 0.250. The third-order valence-corrected chi connectivity index (χ3v) is 6.03. The molecule has 34 heavy (non-hydrogen) atoms. The van der Waals surface area contributed by atoms with Crippen LogP contribution in [0.15, 0.2) is 90.4 Å². The van der Waals surface area contributed by atoms with Gasteiger partial charge in [-0.25, -0.2) is 0 Å². The molecule has 0 bridgehead atoms. The number of carbonyl (C=O) groups is 2. The number of hydrogen-bond acceptors (Lipinski definition) is 5. The fourth-order valence-corrected chi connectivity index (χ4v) is 4.02. The fourth-order valence-electron chi connectivity index (χ4n) is 3.29. The number of anilines is 2. The van der Waals surface area contributed by atoms with Crippen LogP contribution >= 0.6 is 11.3 Å². The Labute approximate surface area is 202 Å². The molecule has 2 amide bonds. The Bertz CT molecular complexity index is 1280. The molecule has 0 fully saturated rings. The Morgan fingerprint density at radius 2 is 1.85 bits per heavy atom. The molecule has 0 unspecified atom stereocenters. The Hall–Kier alpha value is -4.23. The van der Waals surface area contributed by atoms with E-state index in [-0.39, 0.29) is 11.8 Å². The number of nitrogens with two attached hydrogens (primary N) is 1. The number of hydrogen-bond donors (Lipinski definition) is 3. The Morgan fingerprint density at radius 3 is 2.59 bits per heavy atom. The number of thiophene rings is 1. The lowest BCUT2D eigenvalue weighted by Crippen LogP contribution is -2.23. The van der Waals surface area contributed by atoms with Crippen molar-refractivity contribution in [3.05, 3.63) is 107 Å². The highest BCUT2D eigenvalue weighted by Gasteiger charge is 2.10. The van der Waals surface area contributed by atoms with E-state index in [9.17, 15) is 9.59 Å². The first-order valence-electron chi connectivity index (χ1n) is 10.8. The molecule has 0 aliphatic rings. The normalized spacial score (nSPS) is 10.8. The number of amides is 2. The summed E-state index contributed by atoms with van der Waals surface area (Å²) < 4.78 is 0. The number of pyridine rings is 1. The summed E-state index contributed by atoms with van der Waals surface area (Å²) in [7, 11) is 0. The predicted octanol–water partition coefficient (Wildman–Crippen LogP) is 5.02. The molecule has 170 valence electrons. The summed E-state index contributed by atoms with van der Waals surface area (Å²) in [5.41, 5.74) is 10.4. The number of benzene rings is 2. The minimum Gasteiger partial charge on any atom is -0.397 e. The minimum atomic E-state index is -0.252. The standard InChI is InChI=1S/C27H24N4O2S/c28-23-12-11-21(25-5-3-17-34-25)18-24(23)31-27(33)20-9-6-19(7-10-20)8-13-26(32)30-16-14-22-4-1-2-15-29-22/h1-13,15,17-18H,14,16,28H2,(H,30,32)(H,31,33). The van der Waals surface area contributed by atoms with E-state index in [2.05, 4.69) is 15.6 Å². The second-order valence-electron chi connectivity index (χ2n) is 7.55. The molecule has 7 heteroatoms. The maximum atomic E-state index is 12.7. The van der Waals surface area contributed by atoms with Crippen LogP contribution in [0.5, 0.6) is 0 Å².